The lowest BCUT2D eigenvalue weighted by Gasteiger charge is -2.09. The predicted octanol–water partition coefficient (Wildman–Crippen LogP) is 2.58. The van der Waals surface area contributed by atoms with Gasteiger partial charge in [-0.3, -0.25) is 0 Å². The monoisotopic (exact) mass is 173 g/mol. The first-order valence-corrected chi connectivity index (χ1v) is 4.55. The van der Waals surface area contributed by atoms with Crippen molar-refractivity contribution in [3.05, 3.63) is 54.5 Å². The number of rotatable bonds is 4. The predicted molar refractivity (Wildman–Crippen MR) is 53.3 cm³/mol. The highest BCUT2D eigenvalue weighted by Gasteiger charge is 2.26. The molecule has 1 aliphatic rings. The lowest BCUT2D eigenvalue weighted by atomic mass is 9.95. The zero-order valence-corrected chi connectivity index (χ0v) is 7.57. The summed E-state index contributed by atoms with van der Waals surface area (Å²) in [5, 5.41) is 0. The van der Waals surface area contributed by atoms with Crippen molar-refractivity contribution in [2.75, 3.05) is 6.61 Å². The first-order chi connectivity index (χ1) is 6.40. The first-order valence-electron chi connectivity index (χ1n) is 4.55. The number of hydrogen-bond acceptors (Lipinski definition) is 1. The van der Waals surface area contributed by atoms with E-state index in [1.807, 2.05) is 24.3 Å². The average molecular weight is 173 g/mol. The van der Waals surface area contributed by atoms with Gasteiger partial charge in [0.2, 0.25) is 0 Å². The molecule has 0 bridgehead atoms. The Bertz CT molecular complexity index is 274. The van der Waals surface area contributed by atoms with E-state index in [4.69, 9.17) is 4.74 Å². The zero-order chi connectivity index (χ0) is 9.10. The Hall–Kier alpha value is -1.08. The molecule has 1 aromatic rings. The molecule has 0 spiro atoms. The van der Waals surface area contributed by atoms with Crippen LogP contribution < -0.4 is 0 Å². The number of ether oxygens (including phenoxy) is 1. The molecular weight excluding hydrogens is 160 g/mol. The maximum atomic E-state index is 5.19. The van der Waals surface area contributed by atoms with Crippen molar-refractivity contribution in [1.29, 1.82) is 0 Å². The van der Waals surface area contributed by atoms with E-state index in [9.17, 15) is 0 Å². The summed E-state index contributed by atoms with van der Waals surface area (Å²) in [6.07, 6.45) is 3.36. The molecule has 2 rings (SSSR count). The fourth-order valence-electron chi connectivity index (χ4n) is 1.40. The van der Waals surface area contributed by atoms with Gasteiger partial charge in [-0.05, 0) is 12.0 Å². The summed E-state index contributed by atoms with van der Waals surface area (Å²) in [6.45, 7) is 4.73. The van der Waals surface area contributed by atoms with Gasteiger partial charge in [0.05, 0.1) is 12.7 Å². The number of hydrogen-bond donors (Lipinski definition) is 0. The molecule has 1 unspecified atom stereocenters. The van der Waals surface area contributed by atoms with E-state index in [0.29, 0.717) is 6.10 Å². The van der Waals surface area contributed by atoms with Crippen molar-refractivity contribution in [3.8, 4) is 0 Å². The van der Waals surface area contributed by atoms with Crippen LogP contribution in [0.3, 0.4) is 0 Å². The van der Waals surface area contributed by atoms with Gasteiger partial charge < -0.3 is 4.74 Å². The molecule has 0 saturated carbocycles. The topological polar surface area (TPSA) is 12.5 Å². The summed E-state index contributed by atoms with van der Waals surface area (Å²) in [4.78, 5) is 0. The highest BCUT2D eigenvalue weighted by molar-refractivity contribution is 5.36. The van der Waals surface area contributed by atoms with Gasteiger partial charge in [-0.15, -0.1) is 6.58 Å². The minimum atomic E-state index is 0.438. The third kappa shape index (κ3) is 2.19. The minimum absolute atomic E-state index is 0.438. The molecule has 67 valence electrons. The van der Waals surface area contributed by atoms with E-state index in [2.05, 4.69) is 18.7 Å². The molecule has 1 radical (unpaired) electrons. The van der Waals surface area contributed by atoms with Gasteiger partial charge in [-0.25, -0.2) is 0 Å². The van der Waals surface area contributed by atoms with Gasteiger partial charge in [-0.2, -0.15) is 0 Å². The van der Waals surface area contributed by atoms with Crippen molar-refractivity contribution in [2.24, 2.45) is 0 Å². The van der Waals surface area contributed by atoms with Gasteiger partial charge in [0.15, 0.2) is 0 Å². The number of allylic oxidation sites excluding steroid dienone is 1. The fraction of sp³-hybridized carbons (Fsp3) is 0.250. The smallest absolute Gasteiger partial charge is 0.0821 e. The lowest BCUT2D eigenvalue weighted by Crippen LogP contribution is -1.99. The van der Waals surface area contributed by atoms with Gasteiger partial charge in [0.1, 0.15) is 0 Å². The zero-order valence-electron chi connectivity index (χ0n) is 7.57. The van der Waals surface area contributed by atoms with Gasteiger partial charge in [0, 0.05) is 5.92 Å². The van der Waals surface area contributed by atoms with E-state index in [1.165, 1.54) is 11.5 Å². The third-order valence-electron chi connectivity index (χ3n) is 2.24. The van der Waals surface area contributed by atoms with Crippen LogP contribution in [0.4, 0.5) is 0 Å². The third-order valence-corrected chi connectivity index (χ3v) is 2.24. The van der Waals surface area contributed by atoms with Gasteiger partial charge in [0.25, 0.3) is 0 Å². The molecule has 1 fully saturated rings. The maximum Gasteiger partial charge on any atom is 0.0821 e. The SMILES string of the molecule is C=C[C](CC1CO1)c1ccccc1. The maximum absolute atomic E-state index is 5.19. The lowest BCUT2D eigenvalue weighted by molar-refractivity contribution is 0.404. The summed E-state index contributed by atoms with van der Waals surface area (Å²) < 4.78 is 5.19. The number of epoxide rings is 1. The summed E-state index contributed by atoms with van der Waals surface area (Å²) in [5.74, 6) is 1.28. The fourth-order valence-corrected chi connectivity index (χ4v) is 1.40. The minimum Gasteiger partial charge on any atom is -0.373 e. The van der Waals surface area contributed by atoms with Crippen LogP contribution in [0.2, 0.25) is 0 Å². The van der Waals surface area contributed by atoms with Crippen molar-refractivity contribution in [3.63, 3.8) is 0 Å². The van der Waals surface area contributed by atoms with E-state index in [1.54, 1.807) is 0 Å². The van der Waals surface area contributed by atoms with E-state index < -0.39 is 0 Å². The van der Waals surface area contributed by atoms with Crippen LogP contribution in [-0.4, -0.2) is 12.7 Å². The van der Waals surface area contributed by atoms with Crippen molar-refractivity contribution >= 4 is 0 Å². The largest absolute Gasteiger partial charge is 0.373 e. The molecule has 1 aromatic carbocycles. The molecule has 0 aromatic heterocycles. The molecule has 1 aliphatic heterocycles. The molecule has 1 atom stereocenters. The van der Waals surface area contributed by atoms with Crippen molar-refractivity contribution in [1.82, 2.24) is 0 Å². The molecule has 1 heterocycles. The van der Waals surface area contributed by atoms with Crippen LogP contribution in [0, 0.1) is 5.92 Å². The van der Waals surface area contributed by atoms with Gasteiger partial charge in [-0.1, -0.05) is 36.4 Å². The Labute approximate surface area is 79.0 Å². The summed E-state index contributed by atoms with van der Waals surface area (Å²) in [5.41, 5.74) is 1.26. The molecular formula is C12H13O. The van der Waals surface area contributed by atoms with Crippen LogP contribution >= 0.6 is 0 Å². The van der Waals surface area contributed by atoms with Crippen LogP contribution in [0.15, 0.2) is 43.0 Å². The molecule has 1 heteroatoms. The van der Waals surface area contributed by atoms with E-state index in [-0.39, 0.29) is 0 Å². The Balaban J connectivity index is 2.06. The van der Waals surface area contributed by atoms with Crippen LogP contribution in [0.5, 0.6) is 0 Å². The second kappa shape index (κ2) is 3.75. The van der Waals surface area contributed by atoms with E-state index >= 15 is 0 Å². The van der Waals surface area contributed by atoms with Crippen LogP contribution in [0.25, 0.3) is 0 Å². The summed E-state index contributed by atoms with van der Waals surface area (Å²) in [7, 11) is 0. The number of benzene rings is 1. The summed E-state index contributed by atoms with van der Waals surface area (Å²) in [6, 6.07) is 10.3. The first kappa shape index (κ1) is 8.52. The quantitative estimate of drug-likeness (QED) is 0.637. The van der Waals surface area contributed by atoms with E-state index in [0.717, 1.165) is 13.0 Å². The Morgan fingerprint density at radius 2 is 2.15 bits per heavy atom. The molecule has 0 aliphatic carbocycles. The second-order valence-corrected chi connectivity index (χ2v) is 3.25. The highest BCUT2D eigenvalue weighted by Crippen LogP contribution is 2.26. The molecule has 13 heavy (non-hydrogen) atoms. The van der Waals surface area contributed by atoms with Crippen LogP contribution in [0.1, 0.15) is 12.0 Å². The molecule has 1 saturated heterocycles. The second-order valence-electron chi connectivity index (χ2n) is 3.25. The van der Waals surface area contributed by atoms with Crippen molar-refractivity contribution in [2.45, 2.75) is 12.5 Å². The van der Waals surface area contributed by atoms with Crippen molar-refractivity contribution < 1.29 is 4.74 Å². The standard InChI is InChI=1S/C12H13O/c1-2-10(8-12-9-13-12)11-6-4-3-5-7-11/h2-7,12H,1,8-9H2. The normalized spacial score (nSPS) is 20.2. The molecule has 0 N–H and O–H groups in total. The average Bonchev–Trinajstić information content (AvgIpc) is 2.99. The Kier molecular flexibility index (Phi) is 2.46. The molecule has 0 amide bonds. The van der Waals surface area contributed by atoms with Gasteiger partial charge >= 0.3 is 0 Å². The summed E-state index contributed by atoms with van der Waals surface area (Å²) >= 11 is 0. The molecule has 1 nitrogen and oxygen atoms in total. The van der Waals surface area contributed by atoms with Crippen LogP contribution in [-0.2, 0) is 4.74 Å². The Morgan fingerprint density at radius 1 is 1.46 bits per heavy atom. The highest BCUT2D eigenvalue weighted by atomic mass is 16.6. The Morgan fingerprint density at radius 3 is 2.69 bits per heavy atom.